The van der Waals surface area contributed by atoms with Gasteiger partial charge in [-0.25, -0.2) is 4.98 Å². The van der Waals surface area contributed by atoms with Gasteiger partial charge in [-0.05, 0) is 182 Å². The van der Waals surface area contributed by atoms with Gasteiger partial charge in [0.15, 0.2) is 0 Å². The Labute approximate surface area is 328 Å². The zero-order chi connectivity index (χ0) is 40.0. The molecule has 0 bridgehead atoms. The smallest absolute Gasteiger partial charge is 0.229 e. The number of anilines is 1. The van der Waals surface area contributed by atoms with E-state index in [0.717, 1.165) is 43.4 Å². The van der Waals surface area contributed by atoms with Crippen LogP contribution in [0.1, 0.15) is 179 Å². The van der Waals surface area contributed by atoms with Crippen molar-refractivity contribution in [2.24, 2.45) is 0 Å². The van der Waals surface area contributed by atoms with E-state index in [-0.39, 0.29) is 33.2 Å². The molecule has 53 heavy (non-hydrogen) atoms. The summed E-state index contributed by atoms with van der Waals surface area (Å²) < 4.78 is 0. The predicted octanol–water partition coefficient (Wildman–Crippen LogP) is 8.43. The molecule has 0 unspecified atom stereocenters. The summed E-state index contributed by atoms with van der Waals surface area (Å²) in [6.07, 6.45) is 14.9. The zero-order valence-corrected chi connectivity index (χ0v) is 38.0. The quantitative estimate of drug-likeness (QED) is 0.163. The fraction of sp³-hybridized carbons (Fsp3) is 0.932. The van der Waals surface area contributed by atoms with E-state index in [2.05, 4.69) is 150 Å². The summed E-state index contributed by atoms with van der Waals surface area (Å²) in [5.41, 5.74) is 1.19. The molecule has 3 fully saturated rings. The molecule has 0 aliphatic carbocycles. The lowest BCUT2D eigenvalue weighted by Gasteiger charge is -2.49. The fourth-order valence-corrected chi connectivity index (χ4v) is 10.6. The first kappa shape index (κ1) is 46.0. The number of rotatable bonds is 14. The molecular weight excluding hydrogens is 655 g/mol. The number of unbranched alkanes of at least 4 members (excludes halogenated alkanes) is 4. The lowest BCUT2D eigenvalue weighted by Crippen LogP contribution is -2.62. The molecular formula is C44H87N9. The van der Waals surface area contributed by atoms with Gasteiger partial charge in [0.2, 0.25) is 5.95 Å². The molecule has 9 nitrogen and oxygen atoms in total. The summed E-state index contributed by atoms with van der Waals surface area (Å²) in [5.74, 6) is 2.46. The lowest BCUT2D eigenvalue weighted by molar-refractivity contribution is 0.0782. The largest absolute Gasteiger partial charge is 0.338 e. The molecule has 308 valence electrons. The average Bonchev–Trinajstić information content (AvgIpc) is 2.94. The first-order chi connectivity index (χ1) is 24.2. The van der Waals surface area contributed by atoms with E-state index < -0.39 is 0 Å². The van der Waals surface area contributed by atoms with Gasteiger partial charge in [0.1, 0.15) is 11.6 Å². The summed E-state index contributed by atoms with van der Waals surface area (Å²) in [6, 6.07) is 1.86. The zero-order valence-electron chi connectivity index (χ0n) is 38.0. The van der Waals surface area contributed by atoms with Crippen molar-refractivity contribution in [1.29, 1.82) is 0 Å². The van der Waals surface area contributed by atoms with Gasteiger partial charge in [0.25, 0.3) is 0 Å². The van der Waals surface area contributed by atoms with Gasteiger partial charge in [-0.3, -0.25) is 0 Å². The topological polar surface area (TPSA) is 84.5 Å². The van der Waals surface area contributed by atoms with Crippen LogP contribution in [0.15, 0.2) is 0 Å². The second-order valence-corrected chi connectivity index (χ2v) is 21.5. The van der Waals surface area contributed by atoms with Crippen LogP contribution in [0, 0.1) is 13.8 Å². The van der Waals surface area contributed by atoms with Crippen molar-refractivity contribution in [1.82, 2.24) is 40.7 Å². The maximum atomic E-state index is 4.64. The average molecular weight is 742 g/mol. The van der Waals surface area contributed by atoms with E-state index in [1.54, 1.807) is 0 Å². The first-order valence-corrected chi connectivity index (χ1v) is 21.5. The van der Waals surface area contributed by atoms with Crippen LogP contribution in [-0.2, 0) is 0 Å². The van der Waals surface area contributed by atoms with Crippen LogP contribution >= 0.6 is 0 Å². The Morgan fingerprint density at radius 2 is 0.792 bits per heavy atom. The van der Waals surface area contributed by atoms with Crippen molar-refractivity contribution < 1.29 is 0 Å². The van der Waals surface area contributed by atoms with Crippen molar-refractivity contribution in [3.63, 3.8) is 0 Å². The highest BCUT2D eigenvalue weighted by atomic mass is 15.3. The molecule has 3 aliphatic rings. The molecule has 4 heterocycles. The minimum absolute atomic E-state index is 0.119. The summed E-state index contributed by atoms with van der Waals surface area (Å²) in [6.45, 7) is 37.7. The molecule has 0 spiro atoms. The molecule has 3 N–H and O–H groups in total. The highest BCUT2D eigenvalue weighted by Crippen LogP contribution is 2.34. The molecule has 1 aromatic heterocycles. The number of hydrogen-bond donors (Lipinski definition) is 3. The van der Waals surface area contributed by atoms with Gasteiger partial charge in [0, 0.05) is 57.9 Å². The maximum Gasteiger partial charge on any atom is 0.229 e. The second kappa shape index (κ2) is 18.3. The van der Waals surface area contributed by atoms with Gasteiger partial charge in [-0.1, -0.05) is 26.2 Å². The summed E-state index contributed by atoms with van der Waals surface area (Å²) in [7, 11) is 4.69. The summed E-state index contributed by atoms with van der Waals surface area (Å²) in [4.78, 5) is 21.3. The maximum absolute atomic E-state index is 4.64. The van der Waals surface area contributed by atoms with Crippen molar-refractivity contribution in [2.45, 2.75) is 232 Å². The van der Waals surface area contributed by atoms with E-state index in [1.165, 1.54) is 70.9 Å². The van der Waals surface area contributed by atoms with Crippen LogP contribution in [0.25, 0.3) is 0 Å². The van der Waals surface area contributed by atoms with Crippen LogP contribution in [0.2, 0.25) is 0 Å². The molecule has 3 aliphatic heterocycles. The molecule has 0 radical (unpaired) electrons. The standard InChI is InChI=1S/C26H54N4.C18H33N5/c1-23(2)17-21(18-24(3,4)27-23)29(9)15-13-11-12-14-16-30(10)22-19-25(5,6)28-26(7,8)20-22;1-8-9-10-23(16-20-13(2)19-14(3)21-16)15-11-17(4,5)22-18(6,7)12-15/h21-22,27-28H,11-20H2,1-10H3;15,22H,8-12H2,1-7H3. The molecule has 3 saturated heterocycles. The number of piperidine rings is 3. The molecule has 0 saturated carbocycles. The first-order valence-electron chi connectivity index (χ1n) is 21.5. The Balaban J connectivity index is 0.000000295. The molecule has 0 amide bonds. The lowest BCUT2D eigenvalue weighted by atomic mass is 9.79. The molecule has 0 atom stereocenters. The third-order valence-corrected chi connectivity index (χ3v) is 11.8. The Morgan fingerprint density at radius 1 is 0.472 bits per heavy atom. The van der Waals surface area contributed by atoms with Gasteiger partial charge < -0.3 is 30.7 Å². The number of hydrogen-bond acceptors (Lipinski definition) is 9. The van der Waals surface area contributed by atoms with Gasteiger partial charge >= 0.3 is 0 Å². The second-order valence-electron chi connectivity index (χ2n) is 21.5. The van der Waals surface area contributed by atoms with Crippen LogP contribution in [0.4, 0.5) is 5.95 Å². The minimum atomic E-state index is 0.119. The summed E-state index contributed by atoms with van der Waals surface area (Å²) in [5, 5.41) is 11.4. The normalized spacial score (nSPS) is 23.8. The monoisotopic (exact) mass is 742 g/mol. The van der Waals surface area contributed by atoms with Crippen LogP contribution in [0.5, 0.6) is 0 Å². The highest BCUT2D eigenvalue weighted by Gasteiger charge is 2.42. The van der Waals surface area contributed by atoms with E-state index in [4.69, 9.17) is 0 Å². The van der Waals surface area contributed by atoms with Crippen molar-refractivity contribution in [3.05, 3.63) is 11.6 Å². The Kier molecular flexibility index (Phi) is 15.8. The number of nitrogens with zero attached hydrogens (tertiary/aromatic N) is 6. The Bertz CT molecular complexity index is 1150. The third-order valence-electron chi connectivity index (χ3n) is 11.8. The summed E-state index contributed by atoms with van der Waals surface area (Å²) >= 11 is 0. The van der Waals surface area contributed by atoms with Gasteiger partial charge in [-0.2, -0.15) is 9.97 Å². The van der Waals surface area contributed by atoms with Crippen LogP contribution in [-0.4, -0.2) is 110 Å². The highest BCUT2D eigenvalue weighted by molar-refractivity contribution is 5.33. The Morgan fingerprint density at radius 3 is 1.11 bits per heavy atom. The third kappa shape index (κ3) is 15.6. The number of aromatic nitrogens is 3. The fourth-order valence-electron chi connectivity index (χ4n) is 10.6. The van der Waals surface area contributed by atoms with Crippen molar-refractivity contribution >= 4 is 5.95 Å². The molecule has 0 aromatic carbocycles. The predicted molar refractivity (Wildman–Crippen MR) is 228 cm³/mol. The van der Waals surface area contributed by atoms with Crippen molar-refractivity contribution in [3.8, 4) is 0 Å². The van der Waals surface area contributed by atoms with E-state index in [0.29, 0.717) is 18.1 Å². The Hall–Kier alpha value is -1.39. The molecule has 4 rings (SSSR count). The molecule has 9 heteroatoms. The SMILES string of the molecule is CCCCN(c1nc(C)nc(C)n1)C1CC(C)(C)NC(C)(C)C1.CN(CCCCCCN(C)C1CC(C)(C)NC(C)(C)C1)C1CC(C)(C)NC(C)(C)C1. The van der Waals surface area contributed by atoms with E-state index in [9.17, 15) is 0 Å². The number of nitrogens with one attached hydrogen (secondary N) is 3. The van der Waals surface area contributed by atoms with Crippen molar-refractivity contribution in [2.75, 3.05) is 38.6 Å². The van der Waals surface area contributed by atoms with Gasteiger partial charge in [0.05, 0.1) is 0 Å². The minimum Gasteiger partial charge on any atom is -0.338 e. The molecule has 1 aromatic rings. The van der Waals surface area contributed by atoms with Crippen LogP contribution < -0.4 is 20.9 Å². The van der Waals surface area contributed by atoms with Crippen LogP contribution in [0.3, 0.4) is 0 Å². The van der Waals surface area contributed by atoms with E-state index in [1.807, 2.05) is 13.8 Å². The van der Waals surface area contributed by atoms with Gasteiger partial charge in [-0.15, -0.1) is 0 Å². The van der Waals surface area contributed by atoms with E-state index >= 15 is 0 Å². The number of aryl methyl sites for hydroxylation is 2.